The van der Waals surface area contributed by atoms with Crippen molar-refractivity contribution in [1.29, 1.82) is 0 Å². The van der Waals surface area contributed by atoms with E-state index in [4.69, 9.17) is 14.2 Å². The van der Waals surface area contributed by atoms with Crippen molar-refractivity contribution in [2.75, 3.05) is 32.0 Å². The lowest BCUT2D eigenvalue weighted by Gasteiger charge is -2.15. The molecule has 3 rings (SSSR count). The molecule has 1 amide bonds. The van der Waals surface area contributed by atoms with E-state index in [0.717, 1.165) is 0 Å². The van der Waals surface area contributed by atoms with Crippen molar-refractivity contribution in [2.45, 2.75) is 0 Å². The molecule has 0 aliphatic carbocycles. The predicted molar refractivity (Wildman–Crippen MR) is 108 cm³/mol. The molecular weight excluding hydrogens is 377 g/mol. The number of ether oxygens (including phenoxy) is 3. The molecule has 0 unspecified atom stereocenters. The highest BCUT2D eigenvalue weighted by atomic mass is 19.1. The lowest BCUT2D eigenvalue weighted by molar-refractivity contribution is 0.102. The highest BCUT2D eigenvalue weighted by Gasteiger charge is 2.14. The topological polar surface area (TPSA) is 81.7 Å². The van der Waals surface area contributed by atoms with Crippen molar-refractivity contribution in [3.8, 4) is 17.2 Å². The Hall–Kier alpha value is -3.81. The van der Waals surface area contributed by atoms with E-state index in [9.17, 15) is 9.18 Å². The maximum Gasteiger partial charge on any atom is 0.257 e. The van der Waals surface area contributed by atoms with Crippen molar-refractivity contribution in [2.24, 2.45) is 0 Å². The SMILES string of the molecule is COc1cc(Nc2ccc(C(=O)Nc3cccc(F)c3)cn2)cc(OC)c1OC. The Morgan fingerprint density at radius 3 is 2.21 bits per heavy atom. The average Bonchev–Trinajstić information content (AvgIpc) is 2.73. The molecule has 0 spiro atoms. The summed E-state index contributed by atoms with van der Waals surface area (Å²) in [5, 5.41) is 5.74. The number of halogens is 1. The number of benzene rings is 2. The van der Waals surface area contributed by atoms with Crippen LogP contribution in [0.15, 0.2) is 54.7 Å². The van der Waals surface area contributed by atoms with Gasteiger partial charge in [0.15, 0.2) is 11.5 Å². The van der Waals surface area contributed by atoms with E-state index in [1.807, 2.05) is 0 Å². The van der Waals surface area contributed by atoms with Gasteiger partial charge in [-0.3, -0.25) is 4.79 Å². The summed E-state index contributed by atoms with van der Waals surface area (Å²) in [6, 6.07) is 12.4. The second-order valence-corrected chi connectivity index (χ2v) is 5.94. The molecule has 2 aromatic carbocycles. The van der Waals surface area contributed by atoms with Crippen LogP contribution in [-0.4, -0.2) is 32.2 Å². The number of rotatable bonds is 7. The number of amides is 1. The van der Waals surface area contributed by atoms with Gasteiger partial charge in [0.05, 0.1) is 26.9 Å². The molecule has 0 bridgehead atoms. The third-order valence-corrected chi connectivity index (χ3v) is 4.05. The minimum Gasteiger partial charge on any atom is -0.493 e. The van der Waals surface area contributed by atoms with Gasteiger partial charge in [-0.1, -0.05) is 6.07 Å². The fourth-order valence-corrected chi connectivity index (χ4v) is 2.67. The largest absolute Gasteiger partial charge is 0.493 e. The van der Waals surface area contributed by atoms with Crippen molar-refractivity contribution in [1.82, 2.24) is 4.98 Å². The van der Waals surface area contributed by atoms with Gasteiger partial charge >= 0.3 is 0 Å². The minimum absolute atomic E-state index is 0.338. The number of nitrogens with zero attached hydrogens (tertiary/aromatic N) is 1. The van der Waals surface area contributed by atoms with Crippen molar-refractivity contribution in [3.05, 3.63) is 66.1 Å². The predicted octanol–water partition coefficient (Wildman–Crippen LogP) is 4.24. The summed E-state index contributed by atoms with van der Waals surface area (Å²) >= 11 is 0. The first-order valence-corrected chi connectivity index (χ1v) is 8.64. The number of hydrogen-bond donors (Lipinski definition) is 2. The molecule has 1 aromatic heterocycles. The van der Waals surface area contributed by atoms with E-state index in [0.29, 0.717) is 40.0 Å². The Morgan fingerprint density at radius 1 is 0.931 bits per heavy atom. The Morgan fingerprint density at radius 2 is 1.66 bits per heavy atom. The smallest absolute Gasteiger partial charge is 0.257 e. The number of hydrogen-bond acceptors (Lipinski definition) is 6. The standard InChI is InChI=1S/C21H20FN3O4/c1-27-17-10-16(11-18(28-2)20(17)29-3)24-19-8-7-13(12-23-19)21(26)25-15-6-4-5-14(22)9-15/h4-12H,1-3H3,(H,23,24)(H,25,26). The third kappa shape index (κ3) is 4.73. The highest BCUT2D eigenvalue weighted by Crippen LogP contribution is 2.40. The van der Waals surface area contributed by atoms with Gasteiger partial charge in [0.2, 0.25) is 5.75 Å². The van der Waals surface area contributed by atoms with Crippen LogP contribution in [0.4, 0.5) is 21.6 Å². The van der Waals surface area contributed by atoms with Gasteiger partial charge in [-0.05, 0) is 30.3 Å². The van der Waals surface area contributed by atoms with E-state index < -0.39 is 5.82 Å². The average molecular weight is 397 g/mol. The summed E-state index contributed by atoms with van der Waals surface area (Å²) in [7, 11) is 4.60. The first-order chi connectivity index (χ1) is 14.0. The van der Waals surface area contributed by atoms with Crippen molar-refractivity contribution >= 4 is 23.1 Å². The summed E-state index contributed by atoms with van der Waals surface area (Å²) in [4.78, 5) is 16.5. The Labute approximate surface area is 167 Å². The molecule has 29 heavy (non-hydrogen) atoms. The summed E-state index contributed by atoms with van der Waals surface area (Å²) in [6.07, 6.45) is 1.43. The first-order valence-electron chi connectivity index (χ1n) is 8.64. The quantitative estimate of drug-likeness (QED) is 0.621. The summed E-state index contributed by atoms with van der Waals surface area (Å²) in [5.74, 6) is 1.19. The highest BCUT2D eigenvalue weighted by molar-refractivity contribution is 6.04. The second-order valence-electron chi connectivity index (χ2n) is 5.94. The van der Waals surface area contributed by atoms with Crippen LogP contribution in [0.25, 0.3) is 0 Å². The molecule has 0 atom stereocenters. The number of pyridine rings is 1. The molecule has 0 aliphatic heterocycles. The second kappa shape index (κ2) is 8.92. The number of carbonyl (C=O) groups is 1. The lowest BCUT2D eigenvalue weighted by Crippen LogP contribution is -2.12. The number of carbonyl (C=O) groups excluding carboxylic acids is 1. The molecule has 0 aliphatic rings. The molecular formula is C21H20FN3O4. The van der Waals surface area contributed by atoms with Gasteiger partial charge in [-0.15, -0.1) is 0 Å². The van der Waals surface area contributed by atoms with Crippen LogP contribution in [0.5, 0.6) is 17.2 Å². The summed E-state index contributed by atoms with van der Waals surface area (Å²) < 4.78 is 29.2. The zero-order valence-corrected chi connectivity index (χ0v) is 16.2. The van der Waals surface area contributed by atoms with Crippen LogP contribution >= 0.6 is 0 Å². The van der Waals surface area contributed by atoms with Crippen LogP contribution < -0.4 is 24.8 Å². The van der Waals surface area contributed by atoms with Crippen LogP contribution in [-0.2, 0) is 0 Å². The van der Waals surface area contributed by atoms with E-state index >= 15 is 0 Å². The molecule has 2 N–H and O–H groups in total. The van der Waals surface area contributed by atoms with Crippen molar-refractivity contribution in [3.63, 3.8) is 0 Å². The molecule has 7 nitrogen and oxygen atoms in total. The van der Waals surface area contributed by atoms with Crippen molar-refractivity contribution < 1.29 is 23.4 Å². The van der Waals surface area contributed by atoms with Gasteiger partial charge in [0.1, 0.15) is 11.6 Å². The van der Waals surface area contributed by atoms with E-state index in [-0.39, 0.29) is 5.91 Å². The van der Waals surface area contributed by atoms with Crippen LogP contribution in [0.3, 0.4) is 0 Å². The lowest BCUT2D eigenvalue weighted by atomic mass is 10.2. The summed E-state index contributed by atoms with van der Waals surface area (Å²) in [6.45, 7) is 0. The summed E-state index contributed by atoms with van der Waals surface area (Å²) in [5.41, 5.74) is 1.38. The monoisotopic (exact) mass is 397 g/mol. The fourth-order valence-electron chi connectivity index (χ4n) is 2.67. The molecule has 0 radical (unpaired) electrons. The molecule has 0 saturated heterocycles. The van der Waals surface area contributed by atoms with Gasteiger partial charge in [-0.2, -0.15) is 0 Å². The zero-order chi connectivity index (χ0) is 20.8. The molecule has 1 heterocycles. The molecule has 150 valence electrons. The molecule has 3 aromatic rings. The normalized spacial score (nSPS) is 10.2. The first kappa shape index (κ1) is 19.9. The number of nitrogens with one attached hydrogen (secondary N) is 2. The zero-order valence-electron chi connectivity index (χ0n) is 16.2. The van der Waals surface area contributed by atoms with Crippen LogP contribution in [0, 0.1) is 5.82 Å². The van der Waals surface area contributed by atoms with Crippen LogP contribution in [0.1, 0.15) is 10.4 Å². The Kier molecular flexibility index (Phi) is 6.13. The van der Waals surface area contributed by atoms with Gasteiger partial charge < -0.3 is 24.8 Å². The maximum absolute atomic E-state index is 13.2. The molecule has 0 fully saturated rings. The number of methoxy groups -OCH3 is 3. The van der Waals surface area contributed by atoms with Gasteiger partial charge in [0, 0.05) is 29.7 Å². The Bertz CT molecular complexity index is 984. The molecule has 8 heteroatoms. The van der Waals surface area contributed by atoms with Gasteiger partial charge in [-0.25, -0.2) is 9.37 Å². The van der Waals surface area contributed by atoms with Crippen LogP contribution in [0.2, 0.25) is 0 Å². The van der Waals surface area contributed by atoms with E-state index in [1.165, 1.54) is 45.7 Å². The fraction of sp³-hybridized carbons (Fsp3) is 0.143. The number of aromatic nitrogens is 1. The Balaban J connectivity index is 1.74. The minimum atomic E-state index is -0.425. The third-order valence-electron chi connectivity index (χ3n) is 4.05. The number of anilines is 3. The molecule has 0 saturated carbocycles. The van der Waals surface area contributed by atoms with E-state index in [2.05, 4.69) is 15.6 Å². The van der Waals surface area contributed by atoms with E-state index in [1.54, 1.807) is 30.3 Å². The maximum atomic E-state index is 13.2. The van der Waals surface area contributed by atoms with Gasteiger partial charge in [0.25, 0.3) is 5.91 Å².